The third-order valence-electron chi connectivity index (χ3n) is 2.89. The predicted molar refractivity (Wildman–Crippen MR) is 68.4 cm³/mol. The van der Waals surface area contributed by atoms with Gasteiger partial charge in [-0.05, 0) is 13.8 Å². The van der Waals surface area contributed by atoms with Crippen molar-refractivity contribution in [2.24, 2.45) is 0 Å². The Morgan fingerprint density at radius 1 is 0.650 bits per heavy atom. The number of hydrogen-bond donors (Lipinski definition) is 0. The molecular weight excluding hydrogens is 264 g/mol. The number of aryl methyl sites for hydroxylation is 2. The van der Waals surface area contributed by atoms with Crippen molar-refractivity contribution in [1.82, 2.24) is 0 Å². The van der Waals surface area contributed by atoms with Crippen LogP contribution in [0.1, 0.15) is 11.5 Å². The van der Waals surface area contributed by atoms with Crippen LogP contribution in [0, 0.1) is 13.8 Å². The van der Waals surface area contributed by atoms with E-state index in [1.165, 1.54) is 0 Å². The summed E-state index contributed by atoms with van der Waals surface area (Å²) in [7, 11) is 0. The van der Waals surface area contributed by atoms with E-state index in [2.05, 4.69) is 0 Å². The smallest absolute Gasteiger partial charge is 0.396 e. The molecule has 0 radical (unpaired) electrons. The van der Waals surface area contributed by atoms with Gasteiger partial charge in [-0.1, -0.05) is 24.3 Å². The minimum atomic E-state index is -0.738. The van der Waals surface area contributed by atoms with Crippen molar-refractivity contribution < 1.29 is 17.7 Å². The molecule has 0 saturated heterocycles. The second-order valence-electron chi connectivity index (χ2n) is 4.26. The van der Waals surface area contributed by atoms with Gasteiger partial charge in [0.2, 0.25) is 0 Å². The molecule has 0 bridgehead atoms. The van der Waals surface area contributed by atoms with Gasteiger partial charge in [0.25, 0.3) is 0 Å². The van der Waals surface area contributed by atoms with Crippen LogP contribution in [0.5, 0.6) is 0 Å². The summed E-state index contributed by atoms with van der Waals surface area (Å²) >= 11 is 0. The molecule has 2 heterocycles. The molecule has 0 aliphatic carbocycles. The van der Waals surface area contributed by atoms with Gasteiger partial charge in [-0.25, -0.2) is 9.59 Å². The van der Waals surface area contributed by atoms with E-state index in [1.807, 2.05) is 0 Å². The van der Waals surface area contributed by atoms with E-state index in [4.69, 9.17) is 17.7 Å². The molecule has 6 nitrogen and oxygen atoms in total. The minimum absolute atomic E-state index is 0.381. The van der Waals surface area contributed by atoms with Crippen LogP contribution in [-0.4, -0.2) is 0 Å². The summed E-state index contributed by atoms with van der Waals surface area (Å²) in [6, 6.07) is 6.95. The molecule has 0 N–H and O–H groups in total. The van der Waals surface area contributed by atoms with Crippen molar-refractivity contribution >= 4 is 0 Å². The topological polar surface area (TPSA) is 86.7 Å². The zero-order valence-corrected chi connectivity index (χ0v) is 10.8. The fourth-order valence-corrected chi connectivity index (χ4v) is 1.99. The molecule has 0 aliphatic rings. The Bertz CT molecular complexity index is 783. The largest absolute Gasteiger partial charge is 0.519 e. The van der Waals surface area contributed by atoms with Crippen molar-refractivity contribution in [3.8, 4) is 22.6 Å². The van der Waals surface area contributed by atoms with Crippen molar-refractivity contribution in [3.05, 3.63) is 57.0 Å². The van der Waals surface area contributed by atoms with Gasteiger partial charge in [-0.15, -0.1) is 0 Å². The molecule has 0 spiro atoms. The van der Waals surface area contributed by atoms with Gasteiger partial charge in [0.05, 0.1) is 0 Å². The first-order valence-corrected chi connectivity index (χ1v) is 5.86. The van der Waals surface area contributed by atoms with Gasteiger partial charge in [-0.2, -0.15) is 0 Å². The molecule has 2 aromatic heterocycles. The Labute approximate surface area is 112 Å². The third kappa shape index (κ3) is 2.01. The summed E-state index contributed by atoms with van der Waals surface area (Å²) in [5.41, 5.74) is 1.39. The maximum absolute atomic E-state index is 11.0. The summed E-state index contributed by atoms with van der Waals surface area (Å²) in [6.45, 7) is 3.29. The summed E-state index contributed by atoms with van der Waals surface area (Å²) in [6.07, 6.45) is 0. The molecule has 102 valence electrons. The molecule has 3 aromatic rings. The van der Waals surface area contributed by atoms with Crippen LogP contribution in [0.4, 0.5) is 0 Å². The molecule has 0 atom stereocenters. The Balaban J connectivity index is 2.04. The maximum atomic E-state index is 11.0. The number of rotatable bonds is 2. The maximum Gasteiger partial charge on any atom is 0.519 e. The highest BCUT2D eigenvalue weighted by Crippen LogP contribution is 2.27. The lowest BCUT2D eigenvalue weighted by Crippen LogP contribution is -1.86. The average Bonchev–Trinajstić information content (AvgIpc) is 2.92. The average molecular weight is 274 g/mol. The Morgan fingerprint density at radius 2 is 1.00 bits per heavy atom. The molecule has 0 unspecified atom stereocenters. The molecule has 1 aromatic carbocycles. The molecule has 0 saturated carbocycles. The van der Waals surface area contributed by atoms with E-state index in [1.54, 1.807) is 38.1 Å². The van der Waals surface area contributed by atoms with Gasteiger partial charge in [-0.3, -0.25) is 0 Å². The molecule has 0 aliphatic heterocycles. The first kappa shape index (κ1) is 12.3. The van der Waals surface area contributed by atoms with Crippen molar-refractivity contribution in [2.45, 2.75) is 13.8 Å². The van der Waals surface area contributed by atoms with E-state index >= 15 is 0 Å². The van der Waals surface area contributed by atoms with Gasteiger partial charge in [0.1, 0.15) is 0 Å². The lowest BCUT2D eigenvalue weighted by atomic mass is 10.1. The quantitative estimate of drug-likeness (QED) is 0.714. The zero-order valence-electron chi connectivity index (χ0n) is 10.8. The van der Waals surface area contributed by atoms with Crippen molar-refractivity contribution in [2.75, 3.05) is 0 Å². The lowest BCUT2D eigenvalue weighted by Gasteiger charge is -1.99. The molecule has 3 rings (SSSR count). The van der Waals surface area contributed by atoms with Crippen LogP contribution in [0.15, 0.2) is 51.5 Å². The van der Waals surface area contributed by atoms with Crippen molar-refractivity contribution in [1.29, 1.82) is 0 Å². The number of hydrogen-bond acceptors (Lipinski definition) is 6. The highest BCUT2D eigenvalue weighted by atomic mass is 16.6. The Morgan fingerprint density at radius 3 is 1.25 bits per heavy atom. The minimum Gasteiger partial charge on any atom is -0.396 e. The normalized spacial score (nSPS) is 10.9. The Hall–Kier alpha value is -2.76. The highest BCUT2D eigenvalue weighted by molar-refractivity contribution is 5.66. The highest BCUT2D eigenvalue weighted by Gasteiger charge is 2.14. The van der Waals surface area contributed by atoms with Crippen LogP contribution in [0.3, 0.4) is 0 Å². The summed E-state index contributed by atoms with van der Waals surface area (Å²) in [5.74, 6) is 0.109. The molecule has 0 fully saturated rings. The lowest BCUT2D eigenvalue weighted by molar-refractivity contribution is 0.381. The monoisotopic (exact) mass is 274 g/mol. The van der Waals surface area contributed by atoms with Crippen LogP contribution >= 0.6 is 0 Å². The van der Waals surface area contributed by atoms with Gasteiger partial charge in [0, 0.05) is 11.1 Å². The first-order valence-electron chi connectivity index (χ1n) is 5.86. The summed E-state index contributed by atoms with van der Waals surface area (Å²) < 4.78 is 19.5. The number of benzene rings is 1. The zero-order chi connectivity index (χ0) is 14.3. The van der Waals surface area contributed by atoms with Crippen LogP contribution in [0.2, 0.25) is 0 Å². The molecular formula is C14H10O6. The standard InChI is InChI=1S/C14H10O6/c1-7-11(19-13(15)17-7)9-3-5-10(6-4-9)12-8(2)18-14(16)20-12/h3-6H,1-2H3. The van der Waals surface area contributed by atoms with Gasteiger partial charge in [0.15, 0.2) is 23.0 Å². The van der Waals surface area contributed by atoms with Crippen LogP contribution in [-0.2, 0) is 0 Å². The van der Waals surface area contributed by atoms with E-state index in [0.29, 0.717) is 34.2 Å². The van der Waals surface area contributed by atoms with E-state index in [-0.39, 0.29) is 0 Å². The molecule has 20 heavy (non-hydrogen) atoms. The predicted octanol–water partition coefficient (Wildman–Crippen LogP) is 2.73. The van der Waals surface area contributed by atoms with Gasteiger partial charge < -0.3 is 17.7 Å². The molecule has 0 amide bonds. The first-order chi connectivity index (χ1) is 9.54. The summed E-state index contributed by atoms with van der Waals surface area (Å²) in [4.78, 5) is 22.0. The SMILES string of the molecule is Cc1oc(=O)oc1-c1ccc(-c2oc(=O)oc2C)cc1. The van der Waals surface area contributed by atoms with Gasteiger partial charge >= 0.3 is 11.6 Å². The third-order valence-corrected chi connectivity index (χ3v) is 2.89. The van der Waals surface area contributed by atoms with E-state index in [9.17, 15) is 9.59 Å². The Kier molecular flexibility index (Phi) is 2.71. The molecule has 6 heteroatoms. The second-order valence-corrected chi connectivity index (χ2v) is 4.26. The van der Waals surface area contributed by atoms with E-state index in [0.717, 1.165) is 0 Å². The second kappa shape index (κ2) is 4.41. The fraction of sp³-hybridized carbons (Fsp3) is 0.143. The van der Waals surface area contributed by atoms with E-state index < -0.39 is 11.6 Å². The van der Waals surface area contributed by atoms with Crippen molar-refractivity contribution in [3.63, 3.8) is 0 Å². The summed E-state index contributed by atoms with van der Waals surface area (Å²) in [5, 5.41) is 0. The fourth-order valence-electron chi connectivity index (χ4n) is 1.99. The van der Waals surface area contributed by atoms with Crippen LogP contribution in [0.25, 0.3) is 22.6 Å². The van der Waals surface area contributed by atoms with Crippen LogP contribution < -0.4 is 11.6 Å².